The first-order chi connectivity index (χ1) is 10.2. The number of carbonyl (C=O) groups excluding carboxylic acids is 1. The molecule has 0 bridgehead atoms. The molecule has 0 atom stereocenters. The molecule has 0 unspecified atom stereocenters. The van der Waals surface area contributed by atoms with Gasteiger partial charge in [0, 0.05) is 42.5 Å². The lowest BCUT2D eigenvalue weighted by atomic mass is 10.1. The average molecular weight is 301 g/mol. The fraction of sp³-hybridized carbons (Fsp3) is 0.235. The van der Waals surface area contributed by atoms with Crippen LogP contribution in [-0.2, 0) is 0 Å². The summed E-state index contributed by atoms with van der Waals surface area (Å²) in [5, 5.41) is 0.601. The predicted molar refractivity (Wildman–Crippen MR) is 86.0 cm³/mol. The van der Waals surface area contributed by atoms with Crippen molar-refractivity contribution in [1.29, 1.82) is 0 Å². The molecule has 1 aliphatic rings. The Morgan fingerprint density at radius 2 is 1.62 bits per heavy atom. The van der Waals surface area contributed by atoms with Crippen LogP contribution in [0.15, 0.2) is 54.6 Å². The normalized spacial score (nSPS) is 15.1. The number of amides is 1. The van der Waals surface area contributed by atoms with Gasteiger partial charge >= 0.3 is 0 Å². The van der Waals surface area contributed by atoms with Gasteiger partial charge in [-0.1, -0.05) is 35.9 Å². The van der Waals surface area contributed by atoms with Gasteiger partial charge in [0.2, 0.25) is 0 Å². The van der Waals surface area contributed by atoms with Gasteiger partial charge in [-0.25, -0.2) is 0 Å². The number of benzene rings is 2. The molecular formula is C17H17ClN2O. The standard InChI is InChI=1S/C17H17ClN2O/c18-15-6-4-5-14(13-15)17(21)20-11-9-19(10-12-20)16-7-2-1-3-8-16/h1-8,13H,9-12H2. The van der Waals surface area contributed by atoms with Crippen molar-refractivity contribution >= 4 is 23.2 Å². The minimum atomic E-state index is 0.0604. The number of nitrogens with zero attached hydrogens (tertiary/aromatic N) is 2. The zero-order valence-electron chi connectivity index (χ0n) is 11.7. The Hall–Kier alpha value is -2.00. The number of rotatable bonds is 2. The third-order valence-corrected chi connectivity index (χ3v) is 3.99. The molecule has 0 radical (unpaired) electrons. The minimum Gasteiger partial charge on any atom is -0.368 e. The van der Waals surface area contributed by atoms with Crippen molar-refractivity contribution in [2.45, 2.75) is 0 Å². The summed E-state index contributed by atoms with van der Waals surface area (Å²) in [6.07, 6.45) is 0. The Bertz CT molecular complexity index is 622. The van der Waals surface area contributed by atoms with Crippen LogP contribution in [0.2, 0.25) is 5.02 Å². The van der Waals surface area contributed by atoms with Gasteiger partial charge in [-0.15, -0.1) is 0 Å². The molecule has 108 valence electrons. The van der Waals surface area contributed by atoms with E-state index in [-0.39, 0.29) is 5.91 Å². The zero-order chi connectivity index (χ0) is 14.7. The Balaban J connectivity index is 1.64. The van der Waals surface area contributed by atoms with Gasteiger partial charge in [-0.3, -0.25) is 4.79 Å². The van der Waals surface area contributed by atoms with Crippen molar-refractivity contribution in [1.82, 2.24) is 4.90 Å². The van der Waals surface area contributed by atoms with Gasteiger partial charge in [-0.05, 0) is 30.3 Å². The summed E-state index contributed by atoms with van der Waals surface area (Å²) in [7, 11) is 0. The van der Waals surface area contributed by atoms with Crippen LogP contribution in [0.3, 0.4) is 0 Å². The topological polar surface area (TPSA) is 23.6 Å². The maximum atomic E-state index is 12.4. The molecule has 2 aromatic rings. The van der Waals surface area contributed by atoms with Crippen molar-refractivity contribution in [3.8, 4) is 0 Å². The molecule has 0 saturated carbocycles. The molecule has 0 spiro atoms. The number of piperazine rings is 1. The fourth-order valence-corrected chi connectivity index (χ4v) is 2.80. The smallest absolute Gasteiger partial charge is 0.254 e. The number of hydrogen-bond donors (Lipinski definition) is 0. The van der Waals surface area contributed by atoms with E-state index in [1.54, 1.807) is 12.1 Å². The Morgan fingerprint density at radius 1 is 0.905 bits per heavy atom. The van der Waals surface area contributed by atoms with Gasteiger partial charge in [0.05, 0.1) is 0 Å². The molecule has 1 heterocycles. The Kier molecular flexibility index (Phi) is 4.11. The number of para-hydroxylation sites is 1. The van der Waals surface area contributed by atoms with E-state index in [1.165, 1.54) is 5.69 Å². The first kappa shape index (κ1) is 14.0. The first-order valence-electron chi connectivity index (χ1n) is 7.09. The van der Waals surface area contributed by atoms with Crippen LogP contribution in [0.25, 0.3) is 0 Å². The zero-order valence-corrected chi connectivity index (χ0v) is 12.5. The van der Waals surface area contributed by atoms with Crippen molar-refractivity contribution in [2.75, 3.05) is 31.1 Å². The third-order valence-electron chi connectivity index (χ3n) is 3.76. The summed E-state index contributed by atoms with van der Waals surface area (Å²) in [6, 6.07) is 17.5. The highest BCUT2D eigenvalue weighted by molar-refractivity contribution is 6.30. The lowest BCUT2D eigenvalue weighted by Gasteiger charge is -2.36. The molecule has 2 aromatic carbocycles. The molecule has 1 aliphatic heterocycles. The van der Waals surface area contributed by atoms with Crippen LogP contribution >= 0.6 is 11.6 Å². The summed E-state index contributed by atoms with van der Waals surface area (Å²) < 4.78 is 0. The van der Waals surface area contributed by atoms with E-state index in [0.717, 1.165) is 26.2 Å². The molecule has 0 N–H and O–H groups in total. The number of halogens is 1. The highest BCUT2D eigenvalue weighted by atomic mass is 35.5. The molecule has 1 amide bonds. The Morgan fingerprint density at radius 3 is 2.29 bits per heavy atom. The lowest BCUT2D eigenvalue weighted by Crippen LogP contribution is -2.48. The maximum absolute atomic E-state index is 12.4. The van der Waals surface area contributed by atoms with Crippen molar-refractivity contribution < 1.29 is 4.79 Å². The van der Waals surface area contributed by atoms with E-state index in [2.05, 4.69) is 17.0 Å². The van der Waals surface area contributed by atoms with Crippen LogP contribution in [0.1, 0.15) is 10.4 Å². The van der Waals surface area contributed by atoms with Gasteiger partial charge in [0.25, 0.3) is 5.91 Å². The quantitative estimate of drug-likeness (QED) is 0.849. The third kappa shape index (κ3) is 3.19. The van der Waals surface area contributed by atoms with E-state index in [4.69, 9.17) is 11.6 Å². The molecule has 21 heavy (non-hydrogen) atoms. The lowest BCUT2D eigenvalue weighted by molar-refractivity contribution is 0.0747. The van der Waals surface area contributed by atoms with Gasteiger partial charge in [0.1, 0.15) is 0 Å². The molecule has 3 nitrogen and oxygen atoms in total. The van der Waals surface area contributed by atoms with Crippen LogP contribution < -0.4 is 4.90 Å². The number of anilines is 1. The van der Waals surface area contributed by atoms with E-state index < -0.39 is 0 Å². The minimum absolute atomic E-state index is 0.0604. The van der Waals surface area contributed by atoms with Gasteiger partial charge in [0.15, 0.2) is 0 Å². The molecule has 3 rings (SSSR count). The SMILES string of the molecule is O=C(c1cccc(Cl)c1)N1CCN(c2ccccc2)CC1. The van der Waals surface area contributed by atoms with Crippen LogP contribution in [0.5, 0.6) is 0 Å². The van der Waals surface area contributed by atoms with E-state index in [0.29, 0.717) is 10.6 Å². The molecule has 1 saturated heterocycles. The molecule has 0 aliphatic carbocycles. The van der Waals surface area contributed by atoms with Crippen molar-refractivity contribution in [3.05, 3.63) is 65.2 Å². The summed E-state index contributed by atoms with van der Waals surface area (Å²) in [5.41, 5.74) is 1.88. The maximum Gasteiger partial charge on any atom is 0.254 e. The second kappa shape index (κ2) is 6.19. The second-order valence-corrected chi connectivity index (χ2v) is 5.56. The number of hydrogen-bond acceptors (Lipinski definition) is 2. The van der Waals surface area contributed by atoms with Crippen molar-refractivity contribution in [3.63, 3.8) is 0 Å². The summed E-state index contributed by atoms with van der Waals surface area (Å²) >= 11 is 5.95. The van der Waals surface area contributed by atoms with Crippen LogP contribution in [0.4, 0.5) is 5.69 Å². The highest BCUT2D eigenvalue weighted by Crippen LogP contribution is 2.18. The monoisotopic (exact) mass is 300 g/mol. The highest BCUT2D eigenvalue weighted by Gasteiger charge is 2.22. The van der Waals surface area contributed by atoms with E-state index in [1.807, 2.05) is 35.2 Å². The number of carbonyl (C=O) groups is 1. The predicted octanol–water partition coefficient (Wildman–Crippen LogP) is 3.30. The summed E-state index contributed by atoms with van der Waals surface area (Å²) in [4.78, 5) is 16.6. The Labute approximate surface area is 129 Å². The van der Waals surface area contributed by atoms with Gasteiger partial charge in [-0.2, -0.15) is 0 Å². The molecule has 4 heteroatoms. The average Bonchev–Trinajstić information content (AvgIpc) is 2.55. The van der Waals surface area contributed by atoms with Crippen LogP contribution in [0, 0.1) is 0 Å². The van der Waals surface area contributed by atoms with Gasteiger partial charge < -0.3 is 9.80 Å². The van der Waals surface area contributed by atoms with E-state index in [9.17, 15) is 4.79 Å². The van der Waals surface area contributed by atoms with Crippen molar-refractivity contribution in [2.24, 2.45) is 0 Å². The molecule has 1 fully saturated rings. The van der Waals surface area contributed by atoms with Crippen LogP contribution in [-0.4, -0.2) is 37.0 Å². The second-order valence-electron chi connectivity index (χ2n) is 5.13. The molecular weight excluding hydrogens is 284 g/mol. The van der Waals surface area contributed by atoms with E-state index >= 15 is 0 Å². The molecule has 0 aromatic heterocycles. The largest absolute Gasteiger partial charge is 0.368 e. The fourth-order valence-electron chi connectivity index (χ4n) is 2.61. The summed E-state index contributed by atoms with van der Waals surface area (Å²) in [6.45, 7) is 3.19. The first-order valence-corrected chi connectivity index (χ1v) is 7.47. The summed E-state index contributed by atoms with van der Waals surface area (Å²) in [5.74, 6) is 0.0604.